The third kappa shape index (κ3) is 6.06. The number of rotatable bonds is 8. The molecule has 3 N–H and O–H groups in total. The minimum atomic E-state index is 0.226. The lowest BCUT2D eigenvalue weighted by Crippen LogP contribution is -2.36. The average molecular weight is 276 g/mol. The molecule has 114 valence electrons. The van der Waals surface area contributed by atoms with Crippen LogP contribution in [0, 0.1) is 0 Å². The predicted octanol–water partition coefficient (Wildman–Crippen LogP) is 4.33. The van der Waals surface area contributed by atoms with E-state index >= 15 is 0 Å². The summed E-state index contributed by atoms with van der Waals surface area (Å²) in [5, 5.41) is 0. The lowest BCUT2D eigenvalue weighted by Gasteiger charge is -2.20. The van der Waals surface area contributed by atoms with Crippen molar-refractivity contribution in [1.82, 2.24) is 5.43 Å². The Morgan fingerprint density at radius 2 is 1.70 bits per heavy atom. The largest absolute Gasteiger partial charge is 0.271 e. The summed E-state index contributed by atoms with van der Waals surface area (Å²) in [7, 11) is 0. The molecule has 0 heterocycles. The van der Waals surface area contributed by atoms with Gasteiger partial charge in [0.1, 0.15) is 0 Å². The van der Waals surface area contributed by atoms with Gasteiger partial charge in [0, 0.05) is 6.04 Å². The van der Waals surface area contributed by atoms with Crippen LogP contribution in [0.1, 0.15) is 70.9 Å². The van der Waals surface area contributed by atoms with E-state index in [1.165, 1.54) is 36.8 Å². The number of hydrogen-bond acceptors (Lipinski definition) is 2. The molecule has 0 aliphatic rings. The van der Waals surface area contributed by atoms with E-state index in [2.05, 4.69) is 57.4 Å². The van der Waals surface area contributed by atoms with Gasteiger partial charge in [0.15, 0.2) is 0 Å². The summed E-state index contributed by atoms with van der Waals surface area (Å²) in [6.07, 6.45) is 7.39. The maximum absolute atomic E-state index is 5.68. The zero-order chi connectivity index (χ0) is 15.0. The molecule has 0 bridgehead atoms. The van der Waals surface area contributed by atoms with Crippen molar-refractivity contribution in [1.29, 1.82) is 0 Å². The van der Waals surface area contributed by atoms with E-state index in [-0.39, 0.29) is 5.41 Å². The van der Waals surface area contributed by atoms with Gasteiger partial charge in [0.05, 0.1) is 0 Å². The van der Waals surface area contributed by atoms with Crippen molar-refractivity contribution in [2.75, 3.05) is 0 Å². The van der Waals surface area contributed by atoms with Gasteiger partial charge >= 0.3 is 0 Å². The number of hydrazine groups is 1. The molecule has 1 unspecified atom stereocenters. The third-order valence-corrected chi connectivity index (χ3v) is 3.94. The second-order valence-corrected chi connectivity index (χ2v) is 6.86. The van der Waals surface area contributed by atoms with Crippen LogP contribution in [0.5, 0.6) is 0 Å². The number of nitrogens with one attached hydrogen (secondary N) is 1. The Morgan fingerprint density at radius 3 is 2.20 bits per heavy atom. The van der Waals surface area contributed by atoms with Crippen LogP contribution in [0.25, 0.3) is 0 Å². The first kappa shape index (κ1) is 17.2. The highest BCUT2D eigenvalue weighted by molar-refractivity contribution is 5.27. The van der Waals surface area contributed by atoms with Crippen molar-refractivity contribution in [3.63, 3.8) is 0 Å². The first-order valence-electron chi connectivity index (χ1n) is 8.03. The quantitative estimate of drug-likeness (QED) is 0.421. The van der Waals surface area contributed by atoms with Crippen LogP contribution >= 0.6 is 0 Å². The lowest BCUT2D eigenvalue weighted by molar-refractivity contribution is 0.463. The molecule has 0 saturated heterocycles. The predicted molar refractivity (Wildman–Crippen MR) is 88.7 cm³/mol. The van der Waals surface area contributed by atoms with E-state index in [1.807, 2.05) is 0 Å². The summed E-state index contributed by atoms with van der Waals surface area (Å²) in [5.41, 5.74) is 5.96. The number of hydrogen-bond donors (Lipinski definition) is 2. The SMILES string of the molecule is CCCCCCC(Cc1ccc(C(C)(C)C)cc1)NN. The maximum atomic E-state index is 5.68. The molecule has 20 heavy (non-hydrogen) atoms. The van der Waals surface area contributed by atoms with Gasteiger partial charge in [-0.05, 0) is 29.4 Å². The van der Waals surface area contributed by atoms with Crippen LogP contribution in [0.2, 0.25) is 0 Å². The molecular formula is C18H32N2. The van der Waals surface area contributed by atoms with E-state index < -0.39 is 0 Å². The van der Waals surface area contributed by atoms with Gasteiger partial charge in [-0.3, -0.25) is 11.3 Å². The van der Waals surface area contributed by atoms with Crippen LogP contribution in [0.15, 0.2) is 24.3 Å². The number of nitrogens with two attached hydrogens (primary N) is 1. The summed E-state index contributed by atoms with van der Waals surface area (Å²) in [4.78, 5) is 0. The molecule has 1 aromatic carbocycles. The molecule has 0 spiro atoms. The zero-order valence-electron chi connectivity index (χ0n) is 13.7. The van der Waals surface area contributed by atoms with Gasteiger partial charge in [-0.15, -0.1) is 0 Å². The molecule has 0 aliphatic heterocycles. The van der Waals surface area contributed by atoms with Crippen molar-refractivity contribution in [3.8, 4) is 0 Å². The molecule has 1 atom stereocenters. The van der Waals surface area contributed by atoms with Gasteiger partial charge in [0.2, 0.25) is 0 Å². The van der Waals surface area contributed by atoms with Crippen molar-refractivity contribution in [3.05, 3.63) is 35.4 Å². The second-order valence-electron chi connectivity index (χ2n) is 6.86. The minimum absolute atomic E-state index is 0.226. The van der Waals surface area contributed by atoms with Crippen LogP contribution in [-0.4, -0.2) is 6.04 Å². The Hall–Kier alpha value is -0.860. The average Bonchev–Trinajstić information content (AvgIpc) is 2.42. The molecule has 1 rings (SSSR count). The molecule has 0 radical (unpaired) electrons. The Labute approximate surface area is 125 Å². The molecule has 2 nitrogen and oxygen atoms in total. The van der Waals surface area contributed by atoms with Gasteiger partial charge in [-0.25, -0.2) is 0 Å². The van der Waals surface area contributed by atoms with Crippen molar-refractivity contribution in [2.45, 2.75) is 77.7 Å². The summed E-state index contributed by atoms with van der Waals surface area (Å²) >= 11 is 0. The van der Waals surface area contributed by atoms with Crippen molar-refractivity contribution < 1.29 is 0 Å². The molecule has 0 amide bonds. The highest BCUT2D eigenvalue weighted by Crippen LogP contribution is 2.22. The van der Waals surface area contributed by atoms with Gasteiger partial charge in [-0.1, -0.05) is 77.6 Å². The highest BCUT2D eigenvalue weighted by Gasteiger charge is 2.13. The van der Waals surface area contributed by atoms with Gasteiger partial charge < -0.3 is 0 Å². The minimum Gasteiger partial charge on any atom is -0.271 e. The van der Waals surface area contributed by atoms with E-state index in [1.54, 1.807) is 0 Å². The Kier molecular flexibility index (Phi) is 7.25. The molecule has 1 aromatic rings. The first-order valence-corrected chi connectivity index (χ1v) is 8.03. The Morgan fingerprint density at radius 1 is 1.05 bits per heavy atom. The smallest absolute Gasteiger partial charge is 0.0250 e. The van der Waals surface area contributed by atoms with Gasteiger partial charge in [-0.2, -0.15) is 0 Å². The summed E-state index contributed by atoms with van der Waals surface area (Å²) in [6, 6.07) is 9.39. The van der Waals surface area contributed by atoms with Gasteiger partial charge in [0.25, 0.3) is 0 Å². The maximum Gasteiger partial charge on any atom is 0.0250 e. The summed E-state index contributed by atoms with van der Waals surface area (Å²) in [5.74, 6) is 5.68. The van der Waals surface area contributed by atoms with E-state index in [0.717, 1.165) is 12.8 Å². The molecule has 0 aromatic heterocycles. The monoisotopic (exact) mass is 276 g/mol. The fourth-order valence-electron chi connectivity index (χ4n) is 2.49. The van der Waals surface area contributed by atoms with E-state index in [9.17, 15) is 0 Å². The Balaban J connectivity index is 2.49. The molecule has 0 aliphatic carbocycles. The fourth-order valence-corrected chi connectivity index (χ4v) is 2.49. The molecule has 0 fully saturated rings. The van der Waals surface area contributed by atoms with E-state index in [4.69, 9.17) is 5.84 Å². The number of unbranched alkanes of at least 4 members (excludes halogenated alkanes) is 3. The highest BCUT2D eigenvalue weighted by atomic mass is 15.2. The van der Waals surface area contributed by atoms with Crippen LogP contribution in [0.3, 0.4) is 0 Å². The lowest BCUT2D eigenvalue weighted by atomic mass is 9.86. The molecular weight excluding hydrogens is 244 g/mol. The van der Waals surface area contributed by atoms with Crippen molar-refractivity contribution in [2.24, 2.45) is 5.84 Å². The van der Waals surface area contributed by atoms with Crippen LogP contribution in [-0.2, 0) is 11.8 Å². The third-order valence-electron chi connectivity index (χ3n) is 3.94. The summed E-state index contributed by atoms with van der Waals surface area (Å²) in [6.45, 7) is 9.00. The van der Waals surface area contributed by atoms with E-state index in [0.29, 0.717) is 6.04 Å². The standard InChI is InChI=1S/C18H32N2/c1-5-6-7-8-9-17(20-19)14-15-10-12-16(13-11-15)18(2,3)4/h10-13,17,20H,5-9,14,19H2,1-4H3. The fraction of sp³-hybridized carbons (Fsp3) is 0.667. The molecule has 0 saturated carbocycles. The number of benzene rings is 1. The second kappa shape index (κ2) is 8.43. The van der Waals surface area contributed by atoms with Crippen LogP contribution in [0.4, 0.5) is 0 Å². The molecule has 2 heteroatoms. The normalized spacial score (nSPS) is 13.4. The topological polar surface area (TPSA) is 38.0 Å². The van der Waals surface area contributed by atoms with Crippen LogP contribution < -0.4 is 11.3 Å². The zero-order valence-corrected chi connectivity index (χ0v) is 13.7. The first-order chi connectivity index (χ1) is 9.47. The van der Waals surface area contributed by atoms with Crippen molar-refractivity contribution >= 4 is 0 Å². The summed E-state index contributed by atoms with van der Waals surface area (Å²) < 4.78 is 0. The Bertz CT molecular complexity index is 362.